The molecule has 2 aromatic carbocycles. The van der Waals surface area contributed by atoms with Gasteiger partial charge in [0, 0.05) is 21.6 Å². The number of aryl methyl sites for hydroxylation is 1. The third kappa shape index (κ3) is 5.28. The highest BCUT2D eigenvalue weighted by atomic mass is 32.2. The largest absolute Gasteiger partial charge is 0.454 e. The first-order chi connectivity index (χ1) is 13.2. The molecular formula is C21H19NO3S2. The summed E-state index contributed by atoms with van der Waals surface area (Å²) in [6, 6.07) is 14.6. The molecule has 0 bridgehead atoms. The number of hydrogen-bond acceptors (Lipinski definition) is 6. The van der Waals surface area contributed by atoms with Crippen LogP contribution in [0.5, 0.6) is 0 Å². The number of ether oxygens (including phenoxy) is 1. The van der Waals surface area contributed by atoms with Gasteiger partial charge in [-0.1, -0.05) is 43.3 Å². The Kier molecular flexibility index (Phi) is 6.79. The van der Waals surface area contributed by atoms with Gasteiger partial charge in [-0.3, -0.25) is 4.79 Å². The average molecular weight is 398 g/mol. The number of carbonyl (C=O) groups is 2. The monoisotopic (exact) mass is 397 g/mol. The van der Waals surface area contributed by atoms with E-state index in [1.165, 1.54) is 11.8 Å². The van der Waals surface area contributed by atoms with E-state index >= 15 is 0 Å². The van der Waals surface area contributed by atoms with Crippen molar-refractivity contribution in [3.8, 4) is 0 Å². The van der Waals surface area contributed by atoms with Gasteiger partial charge in [0.15, 0.2) is 12.4 Å². The summed E-state index contributed by atoms with van der Waals surface area (Å²) in [6.45, 7) is 1.79. The molecule has 1 aromatic heterocycles. The third-order valence-corrected chi connectivity index (χ3v) is 5.73. The molecule has 0 aliphatic heterocycles. The number of thiazole rings is 1. The minimum absolute atomic E-state index is 0.210. The van der Waals surface area contributed by atoms with E-state index in [0.29, 0.717) is 16.9 Å². The lowest BCUT2D eigenvalue weighted by atomic mass is 10.1. The van der Waals surface area contributed by atoms with Crippen molar-refractivity contribution >= 4 is 34.9 Å². The van der Waals surface area contributed by atoms with Crippen LogP contribution in [0.3, 0.4) is 0 Å². The Morgan fingerprint density at radius 2 is 1.89 bits per heavy atom. The first kappa shape index (κ1) is 19.3. The second-order valence-corrected chi connectivity index (χ2v) is 7.55. The van der Waals surface area contributed by atoms with Crippen molar-refractivity contribution < 1.29 is 14.3 Å². The summed E-state index contributed by atoms with van der Waals surface area (Å²) in [6.07, 6.45) is 0.915. The fourth-order valence-corrected chi connectivity index (χ4v) is 4.05. The molecule has 0 unspecified atom stereocenters. The summed E-state index contributed by atoms with van der Waals surface area (Å²) in [4.78, 5) is 29.8. The van der Waals surface area contributed by atoms with E-state index in [9.17, 15) is 9.59 Å². The molecule has 6 heteroatoms. The molecule has 27 heavy (non-hydrogen) atoms. The number of Topliss-reactive ketones (excluding diaryl/α,β-unsaturated/α-hetero) is 1. The van der Waals surface area contributed by atoms with Crippen LogP contribution in [-0.4, -0.2) is 23.3 Å². The molecule has 0 saturated heterocycles. The lowest BCUT2D eigenvalue weighted by molar-refractivity contribution is 0.0471. The van der Waals surface area contributed by atoms with E-state index < -0.39 is 5.97 Å². The number of benzene rings is 2. The zero-order valence-corrected chi connectivity index (χ0v) is 16.5. The molecule has 0 N–H and O–H groups in total. The Balaban J connectivity index is 1.61. The molecule has 0 aliphatic carbocycles. The van der Waals surface area contributed by atoms with Crippen molar-refractivity contribution in [3.05, 3.63) is 81.8 Å². The number of carbonyl (C=O) groups excluding carboxylic acids is 2. The van der Waals surface area contributed by atoms with Crippen molar-refractivity contribution in [2.75, 3.05) is 6.61 Å². The maximum Gasteiger partial charge on any atom is 0.339 e. The highest BCUT2D eigenvalue weighted by molar-refractivity contribution is 7.98. The van der Waals surface area contributed by atoms with Gasteiger partial charge in [-0.15, -0.1) is 23.1 Å². The summed E-state index contributed by atoms with van der Waals surface area (Å²) in [5.74, 6) is -0.0234. The van der Waals surface area contributed by atoms with Gasteiger partial charge in [0.2, 0.25) is 0 Å². The van der Waals surface area contributed by atoms with E-state index in [0.717, 1.165) is 22.6 Å². The van der Waals surface area contributed by atoms with E-state index in [1.54, 1.807) is 41.1 Å². The molecule has 1 heterocycles. The summed E-state index contributed by atoms with van der Waals surface area (Å²) in [5.41, 5.74) is 4.93. The summed E-state index contributed by atoms with van der Waals surface area (Å²) >= 11 is 3.07. The minimum atomic E-state index is -0.491. The third-order valence-electron chi connectivity index (χ3n) is 3.98. The Hall–Kier alpha value is -2.44. The van der Waals surface area contributed by atoms with E-state index in [1.807, 2.05) is 29.6 Å². The topological polar surface area (TPSA) is 56.3 Å². The molecule has 3 rings (SSSR count). The zero-order chi connectivity index (χ0) is 19.1. The summed E-state index contributed by atoms with van der Waals surface area (Å²) < 4.78 is 5.26. The van der Waals surface area contributed by atoms with Crippen LogP contribution >= 0.6 is 23.1 Å². The van der Waals surface area contributed by atoms with Crippen LogP contribution in [0.15, 0.2) is 64.3 Å². The van der Waals surface area contributed by atoms with Crippen molar-refractivity contribution in [1.29, 1.82) is 0 Å². The number of aromatic nitrogens is 1. The van der Waals surface area contributed by atoms with Gasteiger partial charge in [-0.25, -0.2) is 9.78 Å². The van der Waals surface area contributed by atoms with Gasteiger partial charge in [0.25, 0.3) is 0 Å². The molecule has 0 fully saturated rings. The van der Waals surface area contributed by atoms with Crippen molar-refractivity contribution in [2.24, 2.45) is 0 Å². The van der Waals surface area contributed by atoms with Crippen LogP contribution < -0.4 is 0 Å². The zero-order valence-electron chi connectivity index (χ0n) is 14.9. The second-order valence-electron chi connectivity index (χ2n) is 5.81. The van der Waals surface area contributed by atoms with Crippen molar-refractivity contribution in [1.82, 2.24) is 4.98 Å². The molecule has 0 spiro atoms. The van der Waals surface area contributed by atoms with Crippen LogP contribution in [0.1, 0.15) is 38.9 Å². The fourth-order valence-electron chi connectivity index (χ4n) is 2.44. The second kappa shape index (κ2) is 9.48. The van der Waals surface area contributed by atoms with Crippen LogP contribution in [0.4, 0.5) is 0 Å². The van der Waals surface area contributed by atoms with E-state index in [4.69, 9.17) is 4.74 Å². The molecule has 0 saturated carbocycles. The highest BCUT2D eigenvalue weighted by Crippen LogP contribution is 2.26. The Bertz CT molecular complexity index is 905. The van der Waals surface area contributed by atoms with Crippen molar-refractivity contribution in [3.63, 3.8) is 0 Å². The lowest BCUT2D eigenvalue weighted by Crippen LogP contribution is -2.15. The number of rotatable bonds is 8. The molecule has 138 valence electrons. The van der Waals surface area contributed by atoms with E-state index in [2.05, 4.69) is 11.9 Å². The predicted octanol–water partition coefficient (Wildman–Crippen LogP) is 5.04. The van der Waals surface area contributed by atoms with Crippen LogP contribution in [0, 0.1) is 0 Å². The van der Waals surface area contributed by atoms with Crippen LogP contribution in [0.25, 0.3) is 0 Å². The van der Waals surface area contributed by atoms with Gasteiger partial charge >= 0.3 is 5.97 Å². The van der Waals surface area contributed by atoms with Crippen LogP contribution in [-0.2, 0) is 16.9 Å². The summed E-state index contributed by atoms with van der Waals surface area (Å²) in [7, 11) is 0. The van der Waals surface area contributed by atoms with Gasteiger partial charge in [-0.2, -0.15) is 0 Å². The standard InChI is InChI=1S/C21H19NO3S2/c1-2-15-7-9-16(10-8-15)19(23)11-25-21(24)18-5-3-4-6-20(18)27-13-17-12-26-14-22-17/h3-10,12,14H,2,11,13H2,1H3. The first-order valence-corrected chi connectivity index (χ1v) is 10.5. The Morgan fingerprint density at radius 1 is 1.11 bits per heavy atom. The fraction of sp³-hybridized carbons (Fsp3) is 0.190. The van der Waals surface area contributed by atoms with Gasteiger partial charge < -0.3 is 4.74 Å². The van der Waals surface area contributed by atoms with Gasteiger partial charge in [-0.05, 0) is 24.1 Å². The SMILES string of the molecule is CCc1ccc(C(=O)COC(=O)c2ccccc2SCc2cscn2)cc1. The number of esters is 1. The molecule has 0 aliphatic rings. The Morgan fingerprint density at radius 3 is 2.59 bits per heavy atom. The smallest absolute Gasteiger partial charge is 0.339 e. The number of ketones is 1. The number of hydrogen-bond donors (Lipinski definition) is 0. The molecule has 0 atom stereocenters. The number of thioether (sulfide) groups is 1. The van der Waals surface area contributed by atoms with Crippen molar-refractivity contribution in [2.45, 2.75) is 24.0 Å². The number of nitrogens with zero attached hydrogens (tertiary/aromatic N) is 1. The predicted molar refractivity (Wildman–Crippen MR) is 109 cm³/mol. The highest BCUT2D eigenvalue weighted by Gasteiger charge is 2.15. The van der Waals surface area contributed by atoms with Gasteiger partial charge in [0.1, 0.15) is 0 Å². The maximum atomic E-state index is 12.5. The molecule has 4 nitrogen and oxygen atoms in total. The first-order valence-electron chi connectivity index (χ1n) is 8.55. The molecule has 0 radical (unpaired) electrons. The quantitative estimate of drug-likeness (QED) is 0.303. The molecule has 0 amide bonds. The molecule has 3 aromatic rings. The normalized spacial score (nSPS) is 10.6. The lowest BCUT2D eigenvalue weighted by Gasteiger charge is -2.09. The van der Waals surface area contributed by atoms with Crippen LogP contribution in [0.2, 0.25) is 0 Å². The molecular weight excluding hydrogens is 378 g/mol. The summed E-state index contributed by atoms with van der Waals surface area (Å²) in [5, 5.41) is 1.98. The van der Waals surface area contributed by atoms with Gasteiger partial charge in [0.05, 0.1) is 16.8 Å². The average Bonchev–Trinajstić information content (AvgIpc) is 3.24. The van der Waals surface area contributed by atoms with E-state index in [-0.39, 0.29) is 12.4 Å². The minimum Gasteiger partial charge on any atom is -0.454 e. The Labute approximate surface area is 166 Å². The maximum absolute atomic E-state index is 12.5.